The molecule has 0 aliphatic carbocycles. The third kappa shape index (κ3) is 4.70. The summed E-state index contributed by atoms with van der Waals surface area (Å²) in [6, 6.07) is 19.6. The fourth-order valence-corrected chi connectivity index (χ4v) is 2.93. The third-order valence-corrected chi connectivity index (χ3v) is 4.40. The zero-order valence-corrected chi connectivity index (χ0v) is 14.3. The molecule has 2 aromatic carbocycles. The molecule has 0 saturated carbocycles. The molecule has 1 aliphatic heterocycles. The highest BCUT2D eigenvalue weighted by Crippen LogP contribution is 2.21. The summed E-state index contributed by atoms with van der Waals surface area (Å²) in [5.41, 5.74) is 3.86. The van der Waals surface area contributed by atoms with Gasteiger partial charge >= 0.3 is 0 Å². The molecule has 1 aliphatic rings. The predicted molar refractivity (Wildman–Crippen MR) is 101 cm³/mol. The maximum absolute atomic E-state index is 5.44. The van der Waals surface area contributed by atoms with Crippen LogP contribution in [0.1, 0.15) is 24.1 Å². The quantitative estimate of drug-likeness (QED) is 0.873. The van der Waals surface area contributed by atoms with Crippen LogP contribution in [0.25, 0.3) is 6.08 Å². The lowest BCUT2D eigenvalue weighted by Gasteiger charge is -2.29. The molecule has 3 heteroatoms. The van der Waals surface area contributed by atoms with Crippen molar-refractivity contribution in [3.05, 3.63) is 71.8 Å². The van der Waals surface area contributed by atoms with E-state index in [1.807, 2.05) is 6.07 Å². The van der Waals surface area contributed by atoms with E-state index < -0.39 is 0 Å². The van der Waals surface area contributed by atoms with Crippen molar-refractivity contribution in [1.82, 2.24) is 5.32 Å². The Morgan fingerprint density at radius 3 is 2.67 bits per heavy atom. The Labute approximate surface area is 145 Å². The molecule has 3 rings (SSSR count). The van der Waals surface area contributed by atoms with Crippen molar-refractivity contribution in [2.45, 2.75) is 13.0 Å². The van der Waals surface area contributed by atoms with E-state index in [-0.39, 0.29) is 0 Å². The van der Waals surface area contributed by atoms with E-state index in [2.05, 4.69) is 77.8 Å². The Bertz CT molecular complexity index is 648. The number of nitrogens with zero attached hydrogens (tertiary/aromatic N) is 1. The summed E-state index contributed by atoms with van der Waals surface area (Å²) in [6.07, 6.45) is 4.33. The Morgan fingerprint density at radius 1 is 1.08 bits per heavy atom. The van der Waals surface area contributed by atoms with Crippen LogP contribution in [0, 0.1) is 0 Å². The first-order valence-electron chi connectivity index (χ1n) is 8.70. The molecular weight excluding hydrogens is 296 g/mol. The van der Waals surface area contributed by atoms with Crippen LogP contribution in [0.2, 0.25) is 0 Å². The SMILES string of the molecule is C[C@H](NC/C=C/c1ccccc1)c1cccc(N2CCOCC2)c1. The van der Waals surface area contributed by atoms with Crippen molar-refractivity contribution >= 4 is 11.8 Å². The van der Waals surface area contributed by atoms with E-state index >= 15 is 0 Å². The monoisotopic (exact) mass is 322 g/mol. The molecule has 126 valence electrons. The number of nitrogens with one attached hydrogen (secondary N) is 1. The van der Waals surface area contributed by atoms with E-state index in [0.29, 0.717) is 6.04 Å². The lowest BCUT2D eigenvalue weighted by molar-refractivity contribution is 0.122. The largest absolute Gasteiger partial charge is 0.378 e. The van der Waals surface area contributed by atoms with Gasteiger partial charge in [0.05, 0.1) is 13.2 Å². The zero-order valence-electron chi connectivity index (χ0n) is 14.3. The molecule has 0 unspecified atom stereocenters. The van der Waals surface area contributed by atoms with Crippen LogP contribution in [0.5, 0.6) is 0 Å². The van der Waals surface area contributed by atoms with Crippen molar-refractivity contribution in [3.8, 4) is 0 Å². The molecule has 1 N–H and O–H groups in total. The molecule has 1 fully saturated rings. The number of morpholine rings is 1. The molecule has 0 radical (unpaired) electrons. The van der Waals surface area contributed by atoms with E-state index in [0.717, 1.165) is 32.8 Å². The summed E-state index contributed by atoms with van der Waals surface area (Å²) < 4.78 is 5.44. The second-order valence-electron chi connectivity index (χ2n) is 6.14. The van der Waals surface area contributed by atoms with Crippen molar-refractivity contribution in [1.29, 1.82) is 0 Å². The minimum Gasteiger partial charge on any atom is -0.378 e. The summed E-state index contributed by atoms with van der Waals surface area (Å²) >= 11 is 0. The van der Waals surface area contributed by atoms with Gasteiger partial charge in [-0.15, -0.1) is 0 Å². The smallest absolute Gasteiger partial charge is 0.0642 e. The fourth-order valence-electron chi connectivity index (χ4n) is 2.93. The fraction of sp³-hybridized carbons (Fsp3) is 0.333. The van der Waals surface area contributed by atoms with Crippen LogP contribution in [0.15, 0.2) is 60.7 Å². The highest BCUT2D eigenvalue weighted by Gasteiger charge is 2.12. The van der Waals surface area contributed by atoms with Gasteiger partial charge in [0.25, 0.3) is 0 Å². The minimum atomic E-state index is 0.325. The van der Waals surface area contributed by atoms with Crippen molar-refractivity contribution < 1.29 is 4.74 Å². The minimum absolute atomic E-state index is 0.325. The van der Waals surface area contributed by atoms with Gasteiger partial charge in [0.2, 0.25) is 0 Å². The lowest BCUT2D eigenvalue weighted by atomic mass is 10.1. The summed E-state index contributed by atoms with van der Waals surface area (Å²) in [7, 11) is 0. The van der Waals surface area contributed by atoms with Crippen molar-refractivity contribution in [2.75, 3.05) is 37.7 Å². The van der Waals surface area contributed by atoms with Crippen LogP contribution in [-0.2, 0) is 4.74 Å². The average Bonchev–Trinajstić information content (AvgIpc) is 2.67. The molecule has 2 aromatic rings. The summed E-state index contributed by atoms with van der Waals surface area (Å²) in [4.78, 5) is 2.40. The Morgan fingerprint density at radius 2 is 1.88 bits per heavy atom. The molecule has 0 amide bonds. The van der Waals surface area contributed by atoms with Gasteiger partial charge in [0, 0.05) is 31.4 Å². The van der Waals surface area contributed by atoms with E-state index in [9.17, 15) is 0 Å². The number of anilines is 1. The molecule has 1 heterocycles. The van der Waals surface area contributed by atoms with Crippen LogP contribution >= 0.6 is 0 Å². The summed E-state index contributed by atoms with van der Waals surface area (Å²) in [5.74, 6) is 0. The highest BCUT2D eigenvalue weighted by atomic mass is 16.5. The number of hydrogen-bond acceptors (Lipinski definition) is 3. The third-order valence-electron chi connectivity index (χ3n) is 4.40. The van der Waals surface area contributed by atoms with Gasteiger partial charge < -0.3 is 15.0 Å². The molecule has 0 aromatic heterocycles. The summed E-state index contributed by atoms with van der Waals surface area (Å²) in [5, 5.41) is 3.57. The standard InChI is InChI=1S/C21H26N2O/c1-18(22-12-6-9-19-7-3-2-4-8-19)20-10-5-11-21(17-20)23-13-15-24-16-14-23/h2-11,17-18,22H,12-16H2,1H3/b9-6+/t18-/m0/s1. The van der Waals surface area contributed by atoms with Gasteiger partial charge in [-0.05, 0) is 30.2 Å². The van der Waals surface area contributed by atoms with E-state index in [1.54, 1.807) is 0 Å². The number of benzene rings is 2. The predicted octanol–water partition coefficient (Wildman–Crippen LogP) is 3.89. The van der Waals surface area contributed by atoms with Gasteiger partial charge in [-0.2, -0.15) is 0 Å². The highest BCUT2D eigenvalue weighted by molar-refractivity contribution is 5.50. The van der Waals surface area contributed by atoms with Crippen LogP contribution < -0.4 is 10.2 Å². The first kappa shape index (κ1) is 16.7. The van der Waals surface area contributed by atoms with Gasteiger partial charge in [0.1, 0.15) is 0 Å². The Kier molecular flexibility index (Phi) is 6.05. The molecule has 1 atom stereocenters. The second kappa shape index (κ2) is 8.67. The molecule has 1 saturated heterocycles. The van der Waals surface area contributed by atoms with Gasteiger partial charge in [-0.25, -0.2) is 0 Å². The lowest BCUT2D eigenvalue weighted by Crippen LogP contribution is -2.36. The maximum atomic E-state index is 5.44. The number of hydrogen-bond donors (Lipinski definition) is 1. The van der Waals surface area contributed by atoms with Crippen LogP contribution in [-0.4, -0.2) is 32.8 Å². The van der Waals surface area contributed by atoms with Gasteiger partial charge in [0.15, 0.2) is 0 Å². The topological polar surface area (TPSA) is 24.5 Å². The molecule has 3 nitrogen and oxygen atoms in total. The molecular formula is C21H26N2O. The Hall–Kier alpha value is -2.10. The summed E-state index contributed by atoms with van der Waals surface area (Å²) in [6.45, 7) is 6.67. The number of ether oxygens (including phenoxy) is 1. The van der Waals surface area contributed by atoms with Crippen molar-refractivity contribution in [2.24, 2.45) is 0 Å². The number of rotatable bonds is 6. The second-order valence-corrected chi connectivity index (χ2v) is 6.14. The van der Waals surface area contributed by atoms with Crippen molar-refractivity contribution in [3.63, 3.8) is 0 Å². The average molecular weight is 322 g/mol. The van der Waals surface area contributed by atoms with Crippen LogP contribution in [0.4, 0.5) is 5.69 Å². The Balaban J connectivity index is 1.54. The van der Waals surface area contributed by atoms with E-state index in [1.165, 1.54) is 16.8 Å². The van der Waals surface area contributed by atoms with Gasteiger partial charge in [-0.1, -0.05) is 54.6 Å². The first-order chi connectivity index (χ1) is 11.8. The molecule has 0 spiro atoms. The normalized spacial score (nSPS) is 16.5. The van der Waals surface area contributed by atoms with Crippen LogP contribution in [0.3, 0.4) is 0 Å². The molecule has 24 heavy (non-hydrogen) atoms. The maximum Gasteiger partial charge on any atom is 0.0642 e. The zero-order chi connectivity index (χ0) is 16.6. The first-order valence-corrected chi connectivity index (χ1v) is 8.70. The molecule has 0 bridgehead atoms. The van der Waals surface area contributed by atoms with Gasteiger partial charge in [-0.3, -0.25) is 0 Å². The van der Waals surface area contributed by atoms with E-state index in [4.69, 9.17) is 4.74 Å².